The number of benzene rings is 3. The summed E-state index contributed by atoms with van der Waals surface area (Å²) in [4.78, 5) is 24.3. The molecule has 0 aliphatic carbocycles. The van der Waals surface area contributed by atoms with Crippen LogP contribution in [0.15, 0.2) is 76.3 Å². The minimum absolute atomic E-state index is 0.178. The number of esters is 1. The van der Waals surface area contributed by atoms with Crippen LogP contribution in [0.5, 0.6) is 17.2 Å². The summed E-state index contributed by atoms with van der Waals surface area (Å²) >= 11 is 9.19. The Kier molecular flexibility index (Phi) is 8.86. The zero-order valence-corrected chi connectivity index (χ0v) is 19.9. The zero-order valence-electron chi connectivity index (χ0n) is 17.6. The Morgan fingerprint density at radius 2 is 1.73 bits per heavy atom. The highest BCUT2D eigenvalue weighted by Gasteiger charge is 2.13. The molecule has 9 heteroatoms. The Morgan fingerprint density at radius 1 is 1.00 bits per heavy atom. The zero-order chi connectivity index (χ0) is 23.6. The van der Waals surface area contributed by atoms with Gasteiger partial charge in [-0.1, -0.05) is 27.5 Å². The van der Waals surface area contributed by atoms with Crippen LogP contribution < -0.4 is 19.6 Å². The molecule has 0 aromatic heterocycles. The summed E-state index contributed by atoms with van der Waals surface area (Å²) in [6, 6.07) is 18.4. The van der Waals surface area contributed by atoms with Gasteiger partial charge in [0.15, 0.2) is 18.1 Å². The van der Waals surface area contributed by atoms with Crippen molar-refractivity contribution in [3.8, 4) is 17.2 Å². The molecule has 0 atom stereocenters. The molecular formula is C24H20BrClN2O5. The van der Waals surface area contributed by atoms with E-state index in [4.69, 9.17) is 25.8 Å². The smallest absolute Gasteiger partial charge is 0.343 e. The van der Waals surface area contributed by atoms with Crippen molar-refractivity contribution in [2.45, 2.75) is 6.92 Å². The van der Waals surface area contributed by atoms with Gasteiger partial charge in [-0.2, -0.15) is 5.10 Å². The molecule has 33 heavy (non-hydrogen) atoms. The average molecular weight is 532 g/mol. The van der Waals surface area contributed by atoms with Crippen LogP contribution in [0.3, 0.4) is 0 Å². The SMILES string of the molecule is CCOc1cc(/C=N\NC(=O)COc2ccc(Br)cc2)ccc1OC(=O)c1ccc(Cl)cc1. The van der Waals surface area contributed by atoms with Crippen molar-refractivity contribution in [3.05, 3.63) is 87.4 Å². The second-order valence-electron chi connectivity index (χ2n) is 6.57. The van der Waals surface area contributed by atoms with E-state index in [0.717, 1.165) is 4.47 Å². The van der Waals surface area contributed by atoms with Gasteiger partial charge >= 0.3 is 5.97 Å². The van der Waals surface area contributed by atoms with Crippen LogP contribution in [0.25, 0.3) is 0 Å². The lowest BCUT2D eigenvalue weighted by molar-refractivity contribution is -0.123. The van der Waals surface area contributed by atoms with Crippen molar-refractivity contribution in [3.63, 3.8) is 0 Å². The Balaban J connectivity index is 1.58. The molecule has 170 valence electrons. The molecule has 0 saturated heterocycles. The predicted molar refractivity (Wildman–Crippen MR) is 129 cm³/mol. The average Bonchev–Trinajstić information content (AvgIpc) is 2.81. The molecular weight excluding hydrogens is 512 g/mol. The molecule has 3 aromatic carbocycles. The monoisotopic (exact) mass is 530 g/mol. The number of amides is 1. The molecule has 0 aliphatic rings. The Morgan fingerprint density at radius 3 is 2.42 bits per heavy atom. The lowest BCUT2D eigenvalue weighted by Gasteiger charge is -2.11. The molecule has 3 aromatic rings. The number of nitrogens with zero attached hydrogens (tertiary/aromatic N) is 1. The molecule has 7 nitrogen and oxygen atoms in total. The fourth-order valence-corrected chi connectivity index (χ4v) is 2.98. The molecule has 0 unspecified atom stereocenters. The minimum Gasteiger partial charge on any atom is -0.490 e. The fourth-order valence-electron chi connectivity index (χ4n) is 2.59. The van der Waals surface area contributed by atoms with Crippen molar-refractivity contribution < 1.29 is 23.8 Å². The van der Waals surface area contributed by atoms with E-state index in [-0.39, 0.29) is 12.4 Å². The summed E-state index contributed by atoms with van der Waals surface area (Å²) in [7, 11) is 0. The molecule has 0 heterocycles. The maximum atomic E-state index is 12.4. The number of carbonyl (C=O) groups is 2. The van der Waals surface area contributed by atoms with Crippen molar-refractivity contribution in [1.29, 1.82) is 0 Å². The highest BCUT2D eigenvalue weighted by molar-refractivity contribution is 9.10. The quantitative estimate of drug-likeness (QED) is 0.176. The van der Waals surface area contributed by atoms with Crippen LogP contribution in [0.4, 0.5) is 0 Å². The number of nitrogens with one attached hydrogen (secondary N) is 1. The Hall–Kier alpha value is -3.36. The first-order valence-corrected chi connectivity index (χ1v) is 11.1. The van der Waals surface area contributed by atoms with E-state index in [2.05, 4.69) is 26.5 Å². The number of rotatable bonds is 9. The van der Waals surface area contributed by atoms with Crippen LogP contribution in [-0.2, 0) is 4.79 Å². The summed E-state index contributed by atoms with van der Waals surface area (Å²) in [5.41, 5.74) is 3.40. The van der Waals surface area contributed by atoms with E-state index in [1.165, 1.54) is 6.21 Å². The molecule has 0 spiro atoms. The first-order valence-electron chi connectivity index (χ1n) is 9.89. The summed E-state index contributed by atoms with van der Waals surface area (Å²) < 4.78 is 17.4. The van der Waals surface area contributed by atoms with Crippen LogP contribution >= 0.6 is 27.5 Å². The molecule has 0 aliphatic heterocycles. The minimum atomic E-state index is -0.535. The van der Waals surface area contributed by atoms with Gasteiger partial charge in [-0.25, -0.2) is 10.2 Å². The van der Waals surface area contributed by atoms with E-state index < -0.39 is 11.9 Å². The van der Waals surface area contributed by atoms with Crippen LogP contribution in [0.1, 0.15) is 22.8 Å². The second kappa shape index (κ2) is 12.0. The van der Waals surface area contributed by atoms with E-state index in [0.29, 0.717) is 34.3 Å². The fraction of sp³-hybridized carbons (Fsp3) is 0.125. The number of hydrazone groups is 1. The van der Waals surface area contributed by atoms with E-state index >= 15 is 0 Å². The standard InChI is InChI=1S/C24H20BrClN2O5/c1-2-31-22-13-16(3-12-21(22)33-24(30)17-4-8-19(26)9-5-17)14-27-28-23(29)15-32-20-10-6-18(25)7-11-20/h3-14H,2,15H2,1H3,(H,28,29)/b27-14-. The van der Waals surface area contributed by atoms with Crippen molar-refractivity contribution in [1.82, 2.24) is 5.43 Å². The lowest BCUT2D eigenvalue weighted by Crippen LogP contribution is -2.24. The molecule has 0 fully saturated rings. The van der Waals surface area contributed by atoms with E-state index in [1.807, 2.05) is 19.1 Å². The molecule has 3 rings (SSSR count). The van der Waals surface area contributed by atoms with Gasteiger partial charge in [-0.3, -0.25) is 4.79 Å². The van der Waals surface area contributed by atoms with Gasteiger partial charge < -0.3 is 14.2 Å². The number of hydrogen-bond acceptors (Lipinski definition) is 6. The molecule has 1 N–H and O–H groups in total. The lowest BCUT2D eigenvalue weighted by atomic mass is 10.2. The topological polar surface area (TPSA) is 86.2 Å². The maximum Gasteiger partial charge on any atom is 0.343 e. The highest BCUT2D eigenvalue weighted by atomic mass is 79.9. The van der Waals surface area contributed by atoms with Gasteiger partial charge in [0, 0.05) is 9.50 Å². The van der Waals surface area contributed by atoms with Gasteiger partial charge in [0.2, 0.25) is 0 Å². The highest BCUT2D eigenvalue weighted by Crippen LogP contribution is 2.29. The Labute approximate surface area is 204 Å². The Bertz CT molecular complexity index is 1130. The third kappa shape index (κ3) is 7.62. The largest absolute Gasteiger partial charge is 0.490 e. The third-order valence-corrected chi connectivity index (χ3v) is 4.92. The predicted octanol–water partition coefficient (Wildman–Crippen LogP) is 5.25. The van der Waals surface area contributed by atoms with Gasteiger partial charge in [-0.05, 0) is 79.2 Å². The number of ether oxygens (including phenoxy) is 3. The van der Waals surface area contributed by atoms with Crippen molar-refractivity contribution in [2.75, 3.05) is 13.2 Å². The molecule has 0 saturated carbocycles. The number of halogens is 2. The second-order valence-corrected chi connectivity index (χ2v) is 7.92. The van der Waals surface area contributed by atoms with E-state index in [1.54, 1.807) is 54.6 Å². The van der Waals surface area contributed by atoms with Gasteiger partial charge in [0.05, 0.1) is 18.4 Å². The molecule has 0 radical (unpaired) electrons. The van der Waals surface area contributed by atoms with Crippen LogP contribution in [0, 0.1) is 0 Å². The van der Waals surface area contributed by atoms with Crippen LogP contribution in [-0.4, -0.2) is 31.3 Å². The van der Waals surface area contributed by atoms with Crippen molar-refractivity contribution in [2.24, 2.45) is 5.10 Å². The maximum absolute atomic E-state index is 12.4. The van der Waals surface area contributed by atoms with E-state index in [9.17, 15) is 9.59 Å². The van der Waals surface area contributed by atoms with Gasteiger partial charge in [-0.15, -0.1) is 0 Å². The van der Waals surface area contributed by atoms with Crippen LogP contribution in [0.2, 0.25) is 5.02 Å². The number of hydrogen-bond donors (Lipinski definition) is 1. The van der Waals surface area contributed by atoms with Gasteiger partial charge in [0.1, 0.15) is 5.75 Å². The first-order chi connectivity index (χ1) is 15.9. The molecule has 0 bridgehead atoms. The number of carbonyl (C=O) groups excluding carboxylic acids is 2. The summed E-state index contributed by atoms with van der Waals surface area (Å²) in [6.45, 7) is 2.01. The van der Waals surface area contributed by atoms with Crippen molar-refractivity contribution >= 4 is 45.6 Å². The summed E-state index contributed by atoms with van der Waals surface area (Å²) in [6.07, 6.45) is 1.45. The summed E-state index contributed by atoms with van der Waals surface area (Å²) in [5, 5.41) is 4.45. The normalized spacial score (nSPS) is 10.6. The first kappa shape index (κ1) is 24.3. The summed E-state index contributed by atoms with van der Waals surface area (Å²) in [5.74, 6) is 0.261. The molecule has 1 amide bonds. The van der Waals surface area contributed by atoms with Gasteiger partial charge in [0.25, 0.3) is 5.91 Å². The third-order valence-electron chi connectivity index (χ3n) is 4.14.